The maximum absolute atomic E-state index is 11.3. The van der Waals surface area contributed by atoms with Crippen LogP contribution in [0.15, 0.2) is 23.8 Å². The predicted octanol–water partition coefficient (Wildman–Crippen LogP) is 2.49. The van der Waals surface area contributed by atoms with Crippen LogP contribution in [0.5, 0.6) is 0 Å². The number of hydrogen-bond acceptors (Lipinski definition) is 1. The Balaban J connectivity index is 2.71. The first-order chi connectivity index (χ1) is 5.27. The minimum Gasteiger partial charge on any atom is -0.294 e. The molecule has 0 aromatic rings. The van der Waals surface area contributed by atoms with Crippen LogP contribution in [0.4, 0.5) is 0 Å². The van der Waals surface area contributed by atoms with E-state index in [2.05, 4.69) is 13.0 Å². The Kier molecular flexibility index (Phi) is 2.64. The quantitative estimate of drug-likeness (QED) is 0.591. The molecule has 0 spiro atoms. The molecule has 0 heterocycles. The molecule has 0 aromatic carbocycles. The Morgan fingerprint density at radius 1 is 1.45 bits per heavy atom. The van der Waals surface area contributed by atoms with Crippen molar-refractivity contribution >= 4 is 5.78 Å². The molecule has 1 aliphatic carbocycles. The standard InChI is InChI=1S/C10H14O/c1-3-8-5-6-9(4-2)10(11)7-8/h5-7,9H,3-4H2,1-2H3. The van der Waals surface area contributed by atoms with Crippen LogP contribution < -0.4 is 0 Å². The number of ketones is 1. The zero-order valence-electron chi connectivity index (χ0n) is 7.13. The molecule has 0 radical (unpaired) electrons. The summed E-state index contributed by atoms with van der Waals surface area (Å²) >= 11 is 0. The number of carbonyl (C=O) groups is 1. The van der Waals surface area contributed by atoms with Gasteiger partial charge in [-0.15, -0.1) is 0 Å². The molecule has 11 heavy (non-hydrogen) atoms. The van der Waals surface area contributed by atoms with E-state index in [0.717, 1.165) is 18.4 Å². The lowest BCUT2D eigenvalue weighted by molar-refractivity contribution is -0.117. The third-order valence-corrected chi connectivity index (χ3v) is 2.08. The molecule has 1 heteroatoms. The van der Waals surface area contributed by atoms with Gasteiger partial charge in [-0.3, -0.25) is 4.79 Å². The average Bonchev–Trinajstić information content (AvgIpc) is 2.04. The zero-order valence-corrected chi connectivity index (χ0v) is 7.13. The molecule has 1 unspecified atom stereocenters. The topological polar surface area (TPSA) is 17.1 Å². The van der Waals surface area contributed by atoms with Gasteiger partial charge in [0.1, 0.15) is 0 Å². The number of rotatable bonds is 2. The molecule has 1 atom stereocenters. The van der Waals surface area contributed by atoms with Crippen LogP contribution in [0.3, 0.4) is 0 Å². The van der Waals surface area contributed by atoms with Crippen LogP contribution in [0.2, 0.25) is 0 Å². The van der Waals surface area contributed by atoms with Crippen molar-refractivity contribution in [3.63, 3.8) is 0 Å². The van der Waals surface area contributed by atoms with Crippen LogP contribution in [0.1, 0.15) is 26.7 Å². The lowest BCUT2D eigenvalue weighted by atomic mass is 9.92. The fourth-order valence-electron chi connectivity index (χ4n) is 1.23. The van der Waals surface area contributed by atoms with E-state index in [1.54, 1.807) is 6.08 Å². The van der Waals surface area contributed by atoms with Crippen molar-refractivity contribution in [3.05, 3.63) is 23.8 Å². The molecule has 0 saturated carbocycles. The monoisotopic (exact) mass is 150 g/mol. The third-order valence-electron chi connectivity index (χ3n) is 2.08. The first-order valence-corrected chi connectivity index (χ1v) is 4.20. The van der Waals surface area contributed by atoms with Crippen molar-refractivity contribution in [2.45, 2.75) is 26.7 Å². The van der Waals surface area contributed by atoms with Crippen molar-refractivity contribution in [1.82, 2.24) is 0 Å². The molecule has 0 N–H and O–H groups in total. The highest BCUT2D eigenvalue weighted by molar-refractivity contribution is 5.95. The highest BCUT2D eigenvalue weighted by atomic mass is 16.1. The van der Waals surface area contributed by atoms with E-state index < -0.39 is 0 Å². The van der Waals surface area contributed by atoms with E-state index >= 15 is 0 Å². The van der Waals surface area contributed by atoms with E-state index in [-0.39, 0.29) is 11.7 Å². The second-order valence-electron chi connectivity index (χ2n) is 2.85. The van der Waals surface area contributed by atoms with Crippen LogP contribution in [0, 0.1) is 5.92 Å². The van der Waals surface area contributed by atoms with Gasteiger partial charge in [0, 0.05) is 5.92 Å². The molecule has 0 amide bonds. The molecule has 0 fully saturated rings. The zero-order chi connectivity index (χ0) is 8.27. The van der Waals surface area contributed by atoms with Gasteiger partial charge in [-0.2, -0.15) is 0 Å². The van der Waals surface area contributed by atoms with Gasteiger partial charge in [0.15, 0.2) is 5.78 Å². The Morgan fingerprint density at radius 2 is 2.18 bits per heavy atom. The van der Waals surface area contributed by atoms with Crippen molar-refractivity contribution < 1.29 is 4.79 Å². The average molecular weight is 150 g/mol. The highest BCUT2D eigenvalue weighted by Crippen LogP contribution is 2.17. The van der Waals surface area contributed by atoms with Gasteiger partial charge < -0.3 is 0 Å². The molecule has 1 nitrogen and oxygen atoms in total. The van der Waals surface area contributed by atoms with Gasteiger partial charge in [-0.1, -0.05) is 26.0 Å². The largest absolute Gasteiger partial charge is 0.294 e. The van der Waals surface area contributed by atoms with Gasteiger partial charge in [0.05, 0.1) is 0 Å². The molecule has 1 rings (SSSR count). The van der Waals surface area contributed by atoms with Crippen molar-refractivity contribution in [1.29, 1.82) is 0 Å². The fourth-order valence-corrected chi connectivity index (χ4v) is 1.23. The van der Waals surface area contributed by atoms with E-state index in [1.165, 1.54) is 0 Å². The van der Waals surface area contributed by atoms with Crippen molar-refractivity contribution in [3.8, 4) is 0 Å². The van der Waals surface area contributed by atoms with E-state index in [9.17, 15) is 4.79 Å². The van der Waals surface area contributed by atoms with Gasteiger partial charge in [0.25, 0.3) is 0 Å². The van der Waals surface area contributed by atoms with E-state index in [4.69, 9.17) is 0 Å². The minimum atomic E-state index is 0.144. The summed E-state index contributed by atoms with van der Waals surface area (Å²) in [6, 6.07) is 0. The summed E-state index contributed by atoms with van der Waals surface area (Å²) < 4.78 is 0. The summed E-state index contributed by atoms with van der Waals surface area (Å²) in [4.78, 5) is 11.3. The second-order valence-corrected chi connectivity index (χ2v) is 2.85. The summed E-state index contributed by atoms with van der Waals surface area (Å²) in [7, 11) is 0. The van der Waals surface area contributed by atoms with Crippen LogP contribution >= 0.6 is 0 Å². The van der Waals surface area contributed by atoms with Crippen LogP contribution in [-0.4, -0.2) is 5.78 Å². The summed E-state index contributed by atoms with van der Waals surface area (Å²) in [6.07, 6.45) is 7.73. The SMILES string of the molecule is CCC1=CC(=O)C(CC)C=C1. The third kappa shape index (κ3) is 1.79. The fraction of sp³-hybridized carbons (Fsp3) is 0.500. The van der Waals surface area contributed by atoms with Gasteiger partial charge in [-0.05, 0) is 24.5 Å². The van der Waals surface area contributed by atoms with Crippen molar-refractivity contribution in [2.75, 3.05) is 0 Å². The Labute approximate surface area is 67.8 Å². The second kappa shape index (κ2) is 3.51. The first-order valence-electron chi connectivity index (χ1n) is 4.20. The van der Waals surface area contributed by atoms with Gasteiger partial charge >= 0.3 is 0 Å². The highest BCUT2D eigenvalue weighted by Gasteiger charge is 2.14. The Bertz CT molecular complexity index is 211. The molecule has 1 aliphatic rings. The summed E-state index contributed by atoms with van der Waals surface area (Å²) in [6.45, 7) is 4.10. The Hall–Kier alpha value is -0.850. The molecular weight excluding hydrogens is 136 g/mol. The van der Waals surface area contributed by atoms with Crippen molar-refractivity contribution in [2.24, 2.45) is 5.92 Å². The normalized spacial score (nSPS) is 23.6. The lowest BCUT2D eigenvalue weighted by Crippen LogP contribution is -2.11. The maximum atomic E-state index is 11.3. The van der Waals surface area contributed by atoms with E-state index in [1.807, 2.05) is 13.0 Å². The molecule has 0 aliphatic heterocycles. The summed E-state index contributed by atoms with van der Waals surface area (Å²) in [5.74, 6) is 0.414. The molecule has 0 bridgehead atoms. The van der Waals surface area contributed by atoms with Gasteiger partial charge in [-0.25, -0.2) is 0 Å². The van der Waals surface area contributed by atoms with Crippen LogP contribution in [0.25, 0.3) is 0 Å². The van der Waals surface area contributed by atoms with E-state index in [0.29, 0.717) is 0 Å². The smallest absolute Gasteiger partial charge is 0.162 e. The molecule has 0 aromatic heterocycles. The lowest BCUT2D eigenvalue weighted by Gasteiger charge is -2.11. The molecule has 60 valence electrons. The summed E-state index contributed by atoms with van der Waals surface area (Å²) in [5, 5.41) is 0. The number of hydrogen-bond donors (Lipinski definition) is 0. The van der Waals surface area contributed by atoms with Crippen LogP contribution in [-0.2, 0) is 4.79 Å². The molecule has 0 saturated heterocycles. The first kappa shape index (κ1) is 8.25. The predicted molar refractivity (Wildman–Crippen MR) is 46.3 cm³/mol. The summed E-state index contributed by atoms with van der Waals surface area (Å²) in [5.41, 5.74) is 1.15. The Morgan fingerprint density at radius 3 is 2.64 bits per heavy atom. The van der Waals surface area contributed by atoms with Gasteiger partial charge in [0.2, 0.25) is 0 Å². The number of allylic oxidation sites excluding steroid dienone is 4. The maximum Gasteiger partial charge on any atom is 0.162 e. The number of carbonyl (C=O) groups excluding carboxylic acids is 1. The molecular formula is C10H14O. The minimum absolute atomic E-state index is 0.144.